The average Bonchev–Trinajstić information content (AvgIpc) is 2.65. The van der Waals surface area contributed by atoms with E-state index in [1.54, 1.807) is 6.07 Å². The zero-order chi connectivity index (χ0) is 14.5. The van der Waals surface area contributed by atoms with Crippen LogP contribution in [-0.4, -0.2) is 12.6 Å². The number of hydrogen-bond acceptors (Lipinski definition) is 1. The number of nitrogens with one attached hydrogen (secondary N) is 1. The first-order valence-corrected chi connectivity index (χ1v) is 7.76. The highest BCUT2D eigenvalue weighted by molar-refractivity contribution is 5.23. The van der Waals surface area contributed by atoms with Gasteiger partial charge in [-0.2, -0.15) is 0 Å². The Kier molecular flexibility index (Phi) is 5.53. The van der Waals surface area contributed by atoms with Gasteiger partial charge in [0.25, 0.3) is 0 Å². The molecule has 0 radical (unpaired) electrons. The van der Waals surface area contributed by atoms with Crippen molar-refractivity contribution >= 4 is 0 Å². The van der Waals surface area contributed by atoms with E-state index < -0.39 is 11.6 Å². The molecule has 0 heterocycles. The summed E-state index contributed by atoms with van der Waals surface area (Å²) in [7, 11) is 0. The molecule has 2 atom stereocenters. The van der Waals surface area contributed by atoms with Gasteiger partial charge in [-0.25, -0.2) is 8.78 Å². The van der Waals surface area contributed by atoms with Crippen LogP contribution in [0.4, 0.5) is 8.78 Å². The number of hydrogen-bond donors (Lipinski definition) is 1. The van der Waals surface area contributed by atoms with Crippen molar-refractivity contribution in [1.82, 2.24) is 5.32 Å². The second-order valence-electron chi connectivity index (χ2n) is 6.24. The van der Waals surface area contributed by atoms with Crippen molar-refractivity contribution in [3.8, 4) is 0 Å². The monoisotopic (exact) mass is 281 g/mol. The zero-order valence-electron chi connectivity index (χ0n) is 12.5. The summed E-state index contributed by atoms with van der Waals surface area (Å²) in [5, 5.41) is 3.50. The summed E-state index contributed by atoms with van der Waals surface area (Å²) in [4.78, 5) is 0. The lowest BCUT2D eigenvalue weighted by Crippen LogP contribution is -2.31. The van der Waals surface area contributed by atoms with Gasteiger partial charge < -0.3 is 5.32 Å². The van der Waals surface area contributed by atoms with Gasteiger partial charge in [-0.3, -0.25) is 0 Å². The topological polar surface area (TPSA) is 12.0 Å². The molecule has 2 rings (SSSR count). The Morgan fingerprint density at radius 1 is 1.10 bits per heavy atom. The summed E-state index contributed by atoms with van der Waals surface area (Å²) in [6.07, 6.45) is 5.92. The quantitative estimate of drug-likeness (QED) is 0.794. The van der Waals surface area contributed by atoms with E-state index in [1.807, 2.05) is 0 Å². The molecule has 0 saturated heterocycles. The molecule has 1 aromatic rings. The van der Waals surface area contributed by atoms with Gasteiger partial charge in [-0.15, -0.1) is 0 Å². The predicted octanol–water partition coefficient (Wildman–Crippen LogP) is 4.63. The van der Waals surface area contributed by atoms with Crippen LogP contribution < -0.4 is 5.32 Å². The van der Waals surface area contributed by atoms with E-state index in [-0.39, 0.29) is 0 Å². The van der Waals surface area contributed by atoms with Gasteiger partial charge in [0.2, 0.25) is 0 Å². The SMILES string of the molecule is CC(C)NCC1CCCCCC1c1ccc(F)c(F)c1. The Labute approximate surface area is 120 Å². The lowest BCUT2D eigenvalue weighted by atomic mass is 9.82. The largest absolute Gasteiger partial charge is 0.314 e. The molecule has 1 aliphatic rings. The van der Waals surface area contributed by atoms with Crippen LogP contribution in [0.25, 0.3) is 0 Å². The predicted molar refractivity (Wildman–Crippen MR) is 78.8 cm³/mol. The van der Waals surface area contributed by atoms with Gasteiger partial charge in [0.05, 0.1) is 0 Å². The molecule has 0 amide bonds. The molecule has 20 heavy (non-hydrogen) atoms. The molecule has 112 valence electrons. The third-order valence-electron chi connectivity index (χ3n) is 4.32. The standard InChI is InChI=1S/C17H25F2N/c1-12(2)20-11-14-6-4-3-5-7-15(14)13-8-9-16(18)17(19)10-13/h8-10,12,14-15,20H,3-7,11H2,1-2H3. The molecule has 1 saturated carbocycles. The first kappa shape index (κ1) is 15.4. The van der Waals surface area contributed by atoms with Gasteiger partial charge in [0.1, 0.15) is 0 Å². The summed E-state index contributed by atoms with van der Waals surface area (Å²) in [6.45, 7) is 5.24. The molecule has 1 nitrogen and oxygen atoms in total. The fraction of sp³-hybridized carbons (Fsp3) is 0.647. The van der Waals surface area contributed by atoms with Crippen molar-refractivity contribution in [2.45, 2.75) is 57.9 Å². The maximum absolute atomic E-state index is 13.5. The highest BCUT2D eigenvalue weighted by atomic mass is 19.2. The highest BCUT2D eigenvalue weighted by Crippen LogP contribution is 2.36. The summed E-state index contributed by atoms with van der Waals surface area (Å²) < 4.78 is 26.6. The zero-order valence-corrected chi connectivity index (χ0v) is 12.5. The van der Waals surface area contributed by atoms with Crippen LogP contribution in [0.15, 0.2) is 18.2 Å². The third kappa shape index (κ3) is 4.02. The molecule has 1 aliphatic carbocycles. The minimum Gasteiger partial charge on any atom is -0.314 e. The van der Waals surface area contributed by atoms with Crippen LogP contribution in [-0.2, 0) is 0 Å². The van der Waals surface area contributed by atoms with E-state index in [0.717, 1.165) is 18.5 Å². The van der Waals surface area contributed by atoms with Crippen LogP contribution in [0.5, 0.6) is 0 Å². The molecule has 1 aromatic carbocycles. The molecule has 3 heteroatoms. The fourth-order valence-corrected chi connectivity index (χ4v) is 3.20. The minimum absolute atomic E-state index is 0.346. The number of benzene rings is 1. The van der Waals surface area contributed by atoms with E-state index in [2.05, 4.69) is 19.2 Å². The maximum Gasteiger partial charge on any atom is 0.159 e. The second-order valence-corrected chi connectivity index (χ2v) is 6.24. The van der Waals surface area contributed by atoms with E-state index in [4.69, 9.17) is 0 Å². The molecular weight excluding hydrogens is 256 g/mol. The van der Waals surface area contributed by atoms with E-state index in [0.29, 0.717) is 17.9 Å². The minimum atomic E-state index is -0.751. The molecule has 0 aromatic heterocycles. The lowest BCUT2D eigenvalue weighted by molar-refractivity contribution is 0.361. The van der Waals surface area contributed by atoms with Gasteiger partial charge in [-0.1, -0.05) is 39.2 Å². The van der Waals surface area contributed by atoms with Crippen LogP contribution in [0.2, 0.25) is 0 Å². The average molecular weight is 281 g/mol. The maximum atomic E-state index is 13.5. The molecule has 0 spiro atoms. The molecular formula is C17H25F2N. The van der Waals surface area contributed by atoms with Crippen molar-refractivity contribution in [2.75, 3.05) is 6.54 Å². The van der Waals surface area contributed by atoms with Crippen molar-refractivity contribution in [3.05, 3.63) is 35.4 Å². The van der Waals surface area contributed by atoms with Crippen LogP contribution in [0, 0.1) is 17.6 Å². The van der Waals surface area contributed by atoms with Crippen molar-refractivity contribution in [1.29, 1.82) is 0 Å². The van der Waals surface area contributed by atoms with Crippen molar-refractivity contribution < 1.29 is 8.78 Å². The van der Waals surface area contributed by atoms with Crippen LogP contribution >= 0.6 is 0 Å². The van der Waals surface area contributed by atoms with E-state index in [9.17, 15) is 8.78 Å². The van der Waals surface area contributed by atoms with Gasteiger partial charge >= 0.3 is 0 Å². The van der Waals surface area contributed by atoms with Crippen molar-refractivity contribution in [2.24, 2.45) is 5.92 Å². The first-order chi connectivity index (χ1) is 9.58. The normalized spacial score (nSPS) is 23.9. The Bertz CT molecular complexity index is 431. The molecule has 2 unspecified atom stereocenters. The molecule has 0 bridgehead atoms. The third-order valence-corrected chi connectivity index (χ3v) is 4.32. The first-order valence-electron chi connectivity index (χ1n) is 7.76. The summed E-state index contributed by atoms with van der Waals surface area (Å²) in [5.41, 5.74) is 0.960. The Morgan fingerprint density at radius 3 is 2.55 bits per heavy atom. The van der Waals surface area contributed by atoms with Gasteiger partial charge in [-0.05, 0) is 48.9 Å². The second kappa shape index (κ2) is 7.16. The Hall–Kier alpha value is -0.960. The summed E-state index contributed by atoms with van der Waals surface area (Å²) in [6, 6.07) is 4.89. The summed E-state index contributed by atoms with van der Waals surface area (Å²) in [5.74, 6) is -0.606. The van der Waals surface area contributed by atoms with Crippen LogP contribution in [0.3, 0.4) is 0 Å². The summed E-state index contributed by atoms with van der Waals surface area (Å²) >= 11 is 0. The molecule has 1 fully saturated rings. The van der Waals surface area contributed by atoms with Crippen LogP contribution in [0.1, 0.15) is 57.4 Å². The van der Waals surface area contributed by atoms with E-state index in [1.165, 1.54) is 37.8 Å². The number of halogens is 2. The smallest absolute Gasteiger partial charge is 0.159 e. The van der Waals surface area contributed by atoms with E-state index >= 15 is 0 Å². The highest BCUT2D eigenvalue weighted by Gasteiger charge is 2.25. The Morgan fingerprint density at radius 2 is 1.85 bits per heavy atom. The fourth-order valence-electron chi connectivity index (χ4n) is 3.20. The molecule has 1 N–H and O–H groups in total. The number of rotatable bonds is 4. The van der Waals surface area contributed by atoms with Gasteiger partial charge in [0, 0.05) is 6.04 Å². The Balaban J connectivity index is 2.16. The van der Waals surface area contributed by atoms with Crippen molar-refractivity contribution in [3.63, 3.8) is 0 Å². The van der Waals surface area contributed by atoms with Gasteiger partial charge in [0.15, 0.2) is 11.6 Å². The lowest BCUT2D eigenvalue weighted by Gasteiger charge is -2.27. The molecule has 0 aliphatic heterocycles.